The maximum absolute atomic E-state index is 12.6. The van der Waals surface area contributed by atoms with Crippen molar-refractivity contribution >= 4 is 11.9 Å². The van der Waals surface area contributed by atoms with Crippen molar-refractivity contribution in [2.24, 2.45) is 5.92 Å². The van der Waals surface area contributed by atoms with Gasteiger partial charge in [-0.1, -0.05) is 31.7 Å². The highest BCUT2D eigenvalue weighted by Crippen LogP contribution is 2.29. The van der Waals surface area contributed by atoms with Crippen LogP contribution in [-0.4, -0.2) is 37.2 Å². The molecule has 1 amide bonds. The van der Waals surface area contributed by atoms with E-state index in [1.807, 2.05) is 0 Å². The molecule has 1 aromatic rings. The summed E-state index contributed by atoms with van der Waals surface area (Å²) in [5, 5.41) is 12.4. The number of carbonyl (C=O) groups is 2. The molecule has 2 unspecified atom stereocenters. The number of carboxylic acids is 1. The molecule has 6 nitrogen and oxygen atoms in total. The van der Waals surface area contributed by atoms with E-state index in [-0.39, 0.29) is 18.4 Å². The van der Waals surface area contributed by atoms with E-state index in [1.54, 1.807) is 32.4 Å². The largest absolute Gasteiger partial charge is 0.496 e. The van der Waals surface area contributed by atoms with Crippen LogP contribution in [0.15, 0.2) is 18.2 Å². The smallest absolute Gasteiger partial charge is 0.308 e. The molecule has 0 aromatic heterocycles. The summed E-state index contributed by atoms with van der Waals surface area (Å²) >= 11 is 0. The number of benzene rings is 1. The Morgan fingerprint density at radius 3 is 2.24 bits per heavy atom. The van der Waals surface area contributed by atoms with Gasteiger partial charge in [-0.3, -0.25) is 9.59 Å². The van der Waals surface area contributed by atoms with Gasteiger partial charge in [0.1, 0.15) is 11.5 Å². The van der Waals surface area contributed by atoms with Gasteiger partial charge < -0.3 is 19.9 Å². The summed E-state index contributed by atoms with van der Waals surface area (Å²) in [6.45, 7) is 0. The Labute approximate surface area is 148 Å². The van der Waals surface area contributed by atoms with Crippen LogP contribution < -0.4 is 14.8 Å². The van der Waals surface area contributed by atoms with E-state index >= 15 is 0 Å². The molecule has 2 atom stereocenters. The molecule has 1 aromatic carbocycles. The van der Waals surface area contributed by atoms with Gasteiger partial charge in [-0.15, -0.1) is 0 Å². The Morgan fingerprint density at radius 1 is 1.08 bits per heavy atom. The van der Waals surface area contributed by atoms with Gasteiger partial charge in [0.15, 0.2) is 0 Å². The molecule has 0 spiro atoms. The molecule has 2 rings (SSSR count). The number of ether oxygens (including phenoxy) is 2. The zero-order valence-electron chi connectivity index (χ0n) is 14.9. The summed E-state index contributed by atoms with van der Waals surface area (Å²) < 4.78 is 10.6. The summed E-state index contributed by atoms with van der Waals surface area (Å²) in [6.07, 6.45) is 5.37. The molecule has 25 heavy (non-hydrogen) atoms. The van der Waals surface area contributed by atoms with Gasteiger partial charge in [0, 0.05) is 11.6 Å². The molecule has 0 saturated heterocycles. The van der Waals surface area contributed by atoms with E-state index in [2.05, 4.69) is 5.32 Å². The Hall–Kier alpha value is -2.24. The second-order valence-corrected chi connectivity index (χ2v) is 6.43. The lowest BCUT2D eigenvalue weighted by atomic mass is 9.86. The highest BCUT2D eigenvalue weighted by molar-refractivity contribution is 5.81. The fraction of sp³-hybridized carbons (Fsp3) is 0.579. The minimum atomic E-state index is -0.831. The van der Waals surface area contributed by atoms with Crippen molar-refractivity contribution in [2.75, 3.05) is 14.2 Å². The van der Waals surface area contributed by atoms with E-state index in [0.29, 0.717) is 29.9 Å². The monoisotopic (exact) mass is 349 g/mol. The SMILES string of the molecule is COc1cccc(OC)c1CC(=O)NC1CCCCCCC1C(=O)O. The van der Waals surface area contributed by atoms with Crippen LogP contribution in [0.25, 0.3) is 0 Å². The average molecular weight is 349 g/mol. The van der Waals surface area contributed by atoms with Gasteiger partial charge in [-0.05, 0) is 25.0 Å². The number of nitrogens with one attached hydrogen (secondary N) is 1. The fourth-order valence-corrected chi connectivity index (χ4v) is 3.47. The van der Waals surface area contributed by atoms with Crippen molar-refractivity contribution in [3.63, 3.8) is 0 Å². The number of hydrogen-bond donors (Lipinski definition) is 2. The van der Waals surface area contributed by atoms with Crippen molar-refractivity contribution in [2.45, 2.75) is 51.0 Å². The quantitative estimate of drug-likeness (QED) is 0.825. The summed E-state index contributed by atoms with van der Waals surface area (Å²) in [7, 11) is 3.09. The number of rotatable bonds is 6. The van der Waals surface area contributed by atoms with Crippen molar-refractivity contribution < 1.29 is 24.2 Å². The van der Waals surface area contributed by atoms with Crippen molar-refractivity contribution in [1.29, 1.82) is 0 Å². The first-order chi connectivity index (χ1) is 12.1. The number of hydrogen-bond acceptors (Lipinski definition) is 4. The number of amides is 1. The molecule has 0 radical (unpaired) electrons. The molecule has 6 heteroatoms. The summed E-state index contributed by atoms with van der Waals surface area (Å²) in [5.74, 6) is -0.394. The van der Waals surface area contributed by atoms with Crippen LogP contribution in [0.3, 0.4) is 0 Å². The lowest BCUT2D eigenvalue weighted by molar-refractivity contribution is -0.143. The molecule has 1 saturated carbocycles. The average Bonchev–Trinajstić information content (AvgIpc) is 2.57. The van der Waals surface area contributed by atoms with Crippen LogP contribution in [0.4, 0.5) is 0 Å². The van der Waals surface area contributed by atoms with Gasteiger partial charge >= 0.3 is 5.97 Å². The zero-order valence-corrected chi connectivity index (χ0v) is 14.9. The first kappa shape index (κ1) is 19.1. The third-order valence-corrected chi connectivity index (χ3v) is 4.80. The minimum absolute atomic E-state index is 0.0933. The topological polar surface area (TPSA) is 84.9 Å². The standard InChI is InChI=1S/C19H27NO5/c1-24-16-10-7-11-17(25-2)14(16)12-18(21)20-15-9-6-4-3-5-8-13(15)19(22)23/h7,10-11,13,15H,3-6,8-9,12H2,1-2H3,(H,20,21)(H,22,23). The Balaban J connectivity index is 2.11. The third-order valence-electron chi connectivity index (χ3n) is 4.80. The van der Waals surface area contributed by atoms with Crippen LogP contribution in [0.2, 0.25) is 0 Å². The Morgan fingerprint density at radius 2 is 1.68 bits per heavy atom. The highest BCUT2D eigenvalue weighted by atomic mass is 16.5. The van der Waals surface area contributed by atoms with Crippen molar-refractivity contribution in [3.05, 3.63) is 23.8 Å². The summed E-state index contributed by atoms with van der Waals surface area (Å²) in [4.78, 5) is 24.1. The maximum Gasteiger partial charge on any atom is 0.308 e. The lowest BCUT2D eigenvalue weighted by Crippen LogP contribution is -2.44. The predicted octanol–water partition coefficient (Wildman–Crippen LogP) is 2.79. The summed E-state index contributed by atoms with van der Waals surface area (Å²) in [5.41, 5.74) is 0.669. The maximum atomic E-state index is 12.6. The first-order valence-corrected chi connectivity index (χ1v) is 8.78. The molecule has 2 N–H and O–H groups in total. The molecule has 1 aliphatic carbocycles. The third kappa shape index (κ3) is 5.11. The van der Waals surface area contributed by atoms with E-state index in [9.17, 15) is 14.7 Å². The Bertz CT molecular complexity index is 579. The lowest BCUT2D eigenvalue weighted by Gasteiger charge is -2.27. The van der Waals surface area contributed by atoms with Gasteiger partial charge in [0.2, 0.25) is 5.91 Å². The van der Waals surface area contributed by atoms with Crippen LogP contribution in [0, 0.1) is 5.92 Å². The molecule has 1 fully saturated rings. The van der Waals surface area contributed by atoms with Crippen LogP contribution in [-0.2, 0) is 16.0 Å². The predicted molar refractivity (Wildman–Crippen MR) is 94.0 cm³/mol. The van der Waals surface area contributed by atoms with Crippen LogP contribution in [0.1, 0.15) is 44.1 Å². The van der Waals surface area contributed by atoms with Crippen molar-refractivity contribution in [3.8, 4) is 11.5 Å². The normalized spacial score (nSPS) is 20.9. The fourth-order valence-electron chi connectivity index (χ4n) is 3.47. The number of carbonyl (C=O) groups excluding carboxylic acids is 1. The van der Waals surface area contributed by atoms with Crippen LogP contribution >= 0.6 is 0 Å². The van der Waals surface area contributed by atoms with Crippen molar-refractivity contribution in [1.82, 2.24) is 5.32 Å². The van der Waals surface area contributed by atoms with E-state index in [1.165, 1.54) is 0 Å². The highest BCUT2D eigenvalue weighted by Gasteiger charge is 2.30. The van der Waals surface area contributed by atoms with E-state index in [0.717, 1.165) is 25.7 Å². The number of carboxylic acid groups (broad SMARTS) is 1. The van der Waals surface area contributed by atoms with E-state index < -0.39 is 11.9 Å². The molecule has 138 valence electrons. The Kier molecular flexibility index (Phi) is 7.10. The number of aliphatic carboxylic acids is 1. The summed E-state index contributed by atoms with van der Waals surface area (Å²) in [6, 6.07) is 5.03. The van der Waals surface area contributed by atoms with Gasteiger partial charge in [0.25, 0.3) is 0 Å². The molecule has 1 aliphatic rings. The molecular weight excluding hydrogens is 322 g/mol. The molecule has 0 bridgehead atoms. The zero-order chi connectivity index (χ0) is 18.2. The second kappa shape index (κ2) is 9.30. The number of methoxy groups -OCH3 is 2. The molecule has 0 aliphatic heterocycles. The minimum Gasteiger partial charge on any atom is -0.496 e. The van der Waals surface area contributed by atoms with Gasteiger partial charge in [-0.25, -0.2) is 0 Å². The molecular formula is C19H27NO5. The van der Waals surface area contributed by atoms with Gasteiger partial charge in [-0.2, -0.15) is 0 Å². The second-order valence-electron chi connectivity index (χ2n) is 6.43. The van der Waals surface area contributed by atoms with E-state index in [4.69, 9.17) is 9.47 Å². The molecule has 0 heterocycles. The first-order valence-electron chi connectivity index (χ1n) is 8.78. The van der Waals surface area contributed by atoms with Gasteiger partial charge in [0.05, 0.1) is 26.6 Å². The van der Waals surface area contributed by atoms with Crippen LogP contribution in [0.5, 0.6) is 11.5 Å².